The van der Waals surface area contributed by atoms with Crippen molar-refractivity contribution >= 4 is 43.3 Å². The third-order valence-corrected chi connectivity index (χ3v) is 11.7. The van der Waals surface area contributed by atoms with Crippen molar-refractivity contribution < 1.29 is 40.8 Å². The van der Waals surface area contributed by atoms with Crippen LogP contribution in [0.1, 0.15) is 70.1 Å². The number of nitro groups is 1. The van der Waals surface area contributed by atoms with E-state index in [4.69, 9.17) is 5.11 Å². The van der Waals surface area contributed by atoms with Crippen molar-refractivity contribution in [3.63, 3.8) is 0 Å². The maximum absolute atomic E-state index is 12.0. The van der Waals surface area contributed by atoms with Gasteiger partial charge in [-0.1, -0.05) is 70.6 Å². The van der Waals surface area contributed by atoms with E-state index in [0.29, 0.717) is 37.9 Å². The van der Waals surface area contributed by atoms with Gasteiger partial charge in [0.2, 0.25) is 0 Å². The van der Waals surface area contributed by atoms with E-state index in [1.807, 2.05) is 58.1 Å². The lowest BCUT2D eigenvalue weighted by molar-refractivity contribution is -0.384. The van der Waals surface area contributed by atoms with E-state index in [9.17, 15) is 40.8 Å². The maximum Gasteiger partial charge on any atom is 0.303 e. The van der Waals surface area contributed by atoms with Gasteiger partial charge in [-0.05, 0) is 72.0 Å². The molecule has 2 heterocycles. The maximum atomic E-state index is 12.0. The van der Waals surface area contributed by atoms with Crippen LogP contribution in [-0.4, -0.2) is 54.5 Å². The molecule has 2 aliphatic rings. The minimum absolute atomic E-state index is 0.0337. The minimum Gasteiger partial charge on any atom is -0.481 e. The molecular formula is C38H43N3O10S2. The van der Waals surface area contributed by atoms with Crippen LogP contribution in [0, 0.1) is 10.1 Å². The number of fused-ring (bicyclic) bond motifs is 2. The van der Waals surface area contributed by atoms with Gasteiger partial charge in [0.25, 0.3) is 25.9 Å². The smallest absolute Gasteiger partial charge is 0.303 e. The van der Waals surface area contributed by atoms with Crippen LogP contribution in [0.15, 0.2) is 107 Å². The van der Waals surface area contributed by atoms with E-state index < -0.39 is 42.0 Å². The quantitative estimate of drug-likeness (QED) is 0.0492. The van der Waals surface area contributed by atoms with Crippen LogP contribution in [0.5, 0.6) is 0 Å². The van der Waals surface area contributed by atoms with Gasteiger partial charge in [0.15, 0.2) is 0 Å². The molecule has 5 rings (SSSR count). The fourth-order valence-electron chi connectivity index (χ4n) is 7.25. The first kappa shape index (κ1) is 39.4. The summed E-state index contributed by atoms with van der Waals surface area (Å²) in [7, 11) is -8.89. The summed E-state index contributed by atoms with van der Waals surface area (Å²) < 4.78 is 67.6. The number of anilines is 2. The second-order valence-corrected chi connectivity index (χ2v) is 17.2. The van der Waals surface area contributed by atoms with Crippen LogP contribution >= 0.6 is 0 Å². The van der Waals surface area contributed by atoms with Crippen molar-refractivity contribution in [2.24, 2.45) is 0 Å². The molecule has 2 aliphatic heterocycles. The van der Waals surface area contributed by atoms with Gasteiger partial charge < -0.3 is 14.9 Å². The predicted octanol–water partition coefficient (Wildman–Crippen LogP) is 7.19. The number of allylic oxidation sites excluding steroid dienone is 5. The number of non-ortho nitro benzene ring substituents is 1. The Labute approximate surface area is 309 Å². The van der Waals surface area contributed by atoms with E-state index in [0.717, 1.165) is 28.2 Å². The van der Waals surface area contributed by atoms with Crippen LogP contribution in [0.2, 0.25) is 0 Å². The lowest BCUT2D eigenvalue weighted by atomic mass is 9.80. The van der Waals surface area contributed by atoms with Gasteiger partial charge in [0, 0.05) is 59.5 Å². The molecule has 3 aromatic carbocycles. The molecule has 0 saturated heterocycles. The van der Waals surface area contributed by atoms with Crippen molar-refractivity contribution in [1.82, 2.24) is 0 Å². The molecule has 53 heavy (non-hydrogen) atoms. The molecule has 1 atom stereocenters. The van der Waals surface area contributed by atoms with Crippen molar-refractivity contribution in [3.8, 4) is 0 Å². The summed E-state index contributed by atoms with van der Waals surface area (Å²) in [6.07, 6.45) is 11.5. The Morgan fingerprint density at radius 2 is 1.43 bits per heavy atom. The number of hydrogen-bond donors (Lipinski definition) is 3. The highest BCUT2D eigenvalue weighted by atomic mass is 32.2. The highest BCUT2D eigenvalue weighted by Crippen LogP contribution is 2.49. The molecule has 282 valence electrons. The fourth-order valence-corrected chi connectivity index (χ4v) is 8.26. The number of rotatable bonds is 14. The van der Waals surface area contributed by atoms with Crippen molar-refractivity contribution in [1.29, 1.82) is 0 Å². The summed E-state index contributed by atoms with van der Waals surface area (Å²) in [6, 6.07) is 15.0. The molecule has 3 N–H and O–H groups in total. The van der Waals surface area contributed by atoms with Crippen molar-refractivity contribution in [3.05, 3.63) is 124 Å². The molecule has 0 spiro atoms. The third kappa shape index (κ3) is 8.38. The first-order valence-electron chi connectivity index (χ1n) is 17.0. The lowest BCUT2D eigenvalue weighted by Gasteiger charge is -2.32. The summed E-state index contributed by atoms with van der Waals surface area (Å²) in [4.78, 5) is 25.5. The largest absolute Gasteiger partial charge is 0.481 e. The molecule has 15 heteroatoms. The average molecular weight is 766 g/mol. The second-order valence-electron chi connectivity index (χ2n) is 14.3. The molecule has 1 unspecified atom stereocenters. The van der Waals surface area contributed by atoms with Crippen LogP contribution in [-0.2, 0) is 42.4 Å². The fraction of sp³-hybridized carbons (Fsp3) is 0.342. The Hall–Kier alpha value is -4.83. The molecule has 0 bridgehead atoms. The number of nitro benzene ring substituents is 1. The van der Waals surface area contributed by atoms with Gasteiger partial charge in [-0.3, -0.25) is 24.0 Å². The number of carboxylic acid groups (broad SMARTS) is 1. The van der Waals surface area contributed by atoms with Crippen molar-refractivity contribution in [2.75, 3.05) is 16.3 Å². The van der Waals surface area contributed by atoms with Gasteiger partial charge in [-0.15, -0.1) is 0 Å². The zero-order valence-corrected chi connectivity index (χ0v) is 31.5. The molecule has 3 aromatic rings. The minimum atomic E-state index is -4.46. The Kier molecular flexibility index (Phi) is 11.1. The molecule has 0 aliphatic carbocycles. The molecule has 0 saturated carbocycles. The number of unbranched alkanes of at least 4 members (excludes halogenated alkanes) is 2. The molecule has 0 fully saturated rings. The Bertz CT molecular complexity index is 2230. The molecule has 0 aromatic heterocycles. The Morgan fingerprint density at radius 1 is 0.830 bits per heavy atom. The van der Waals surface area contributed by atoms with Crippen LogP contribution in [0.3, 0.4) is 0 Å². The highest BCUT2D eigenvalue weighted by Gasteiger charge is 2.44. The summed E-state index contributed by atoms with van der Waals surface area (Å²) >= 11 is 0. The zero-order valence-electron chi connectivity index (χ0n) is 29.8. The van der Waals surface area contributed by atoms with Gasteiger partial charge in [0.1, 0.15) is 0 Å². The van der Waals surface area contributed by atoms with E-state index in [-0.39, 0.29) is 27.9 Å². The summed E-state index contributed by atoms with van der Waals surface area (Å²) in [5.41, 5.74) is 3.38. The Morgan fingerprint density at radius 3 is 2.02 bits per heavy atom. The van der Waals surface area contributed by atoms with Gasteiger partial charge in [0.05, 0.1) is 20.8 Å². The molecular weight excluding hydrogens is 723 g/mol. The SMILES string of the molecule is CC1(C)\C(=C/C=C/C=C/C2N(Cc3ccc([N+](=O)[O-])cc3)c3ccc(S(=O)(=O)O)cc3C2(C)C)N(CCCCCC(=O)O)c2ccc(S(=O)(=O)O)cc21. The van der Waals surface area contributed by atoms with Gasteiger partial charge in [-0.25, -0.2) is 0 Å². The first-order chi connectivity index (χ1) is 24.7. The van der Waals surface area contributed by atoms with E-state index in [1.165, 1.54) is 36.4 Å². The van der Waals surface area contributed by atoms with Crippen LogP contribution < -0.4 is 9.80 Å². The number of aliphatic carboxylic acids is 1. The summed E-state index contributed by atoms with van der Waals surface area (Å²) in [6.45, 7) is 8.81. The lowest BCUT2D eigenvalue weighted by Crippen LogP contribution is -2.39. The number of hydrogen-bond acceptors (Lipinski definition) is 9. The van der Waals surface area contributed by atoms with E-state index in [2.05, 4.69) is 9.80 Å². The van der Waals surface area contributed by atoms with E-state index in [1.54, 1.807) is 24.3 Å². The summed E-state index contributed by atoms with van der Waals surface area (Å²) in [5, 5.41) is 20.3. The second kappa shape index (κ2) is 14.9. The molecule has 0 radical (unpaired) electrons. The van der Waals surface area contributed by atoms with Crippen molar-refractivity contribution in [2.45, 2.75) is 86.6 Å². The average Bonchev–Trinajstić information content (AvgIpc) is 3.41. The Balaban J connectivity index is 1.46. The standard InChI is InChI=1S/C38H43N3O10S2/c1-37(2)30-23-28(52(46,47)48)18-20-32(30)39(22-10-6-9-13-36(42)43)34(37)11-7-5-8-12-35-38(3,4)31-24-29(53(49,50)51)19-21-33(31)40(35)25-26-14-16-27(17-15-26)41(44)45/h5,7-8,11-12,14-21,23-24,35H,6,9-10,13,22,25H2,1-4H3,(H,42,43)(H,46,47,48)(H,49,50,51)/b7-5+,12-8+,34-11+. The first-order valence-corrected chi connectivity index (χ1v) is 19.9. The van der Waals surface area contributed by atoms with Gasteiger partial charge >= 0.3 is 5.97 Å². The van der Waals surface area contributed by atoms with Crippen LogP contribution in [0.4, 0.5) is 17.1 Å². The zero-order chi connectivity index (χ0) is 38.9. The topological polar surface area (TPSA) is 196 Å². The summed E-state index contributed by atoms with van der Waals surface area (Å²) in [5.74, 6) is -0.851. The third-order valence-electron chi connectivity index (χ3n) is 10.0. The number of carboxylic acids is 1. The van der Waals surface area contributed by atoms with Gasteiger partial charge in [-0.2, -0.15) is 16.8 Å². The van der Waals surface area contributed by atoms with E-state index >= 15 is 0 Å². The normalized spacial score (nSPS) is 18.6. The number of carbonyl (C=O) groups is 1. The highest BCUT2D eigenvalue weighted by molar-refractivity contribution is 7.86. The van der Waals surface area contributed by atoms with Crippen LogP contribution in [0.25, 0.3) is 0 Å². The number of nitrogens with zero attached hydrogens (tertiary/aromatic N) is 3. The molecule has 13 nitrogen and oxygen atoms in total. The predicted molar refractivity (Wildman–Crippen MR) is 201 cm³/mol. The monoisotopic (exact) mass is 765 g/mol. The molecule has 0 amide bonds. The number of benzene rings is 3.